The molecular formula is C18H12Cl2N4O2S. The van der Waals surface area contributed by atoms with Crippen molar-refractivity contribution in [3.63, 3.8) is 0 Å². The highest BCUT2D eigenvalue weighted by Crippen LogP contribution is 2.33. The zero-order valence-electron chi connectivity index (χ0n) is 13.7. The van der Waals surface area contributed by atoms with Gasteiger partial charge in [-0.1, -0.05) is 53.2 Å². The number of nitrogens with one attached hydrogen (secondary N) is 1. The lowest BCUT2D eigenvalue weighted by Gasteiger charge is -2.15. The summed E-state index contributed by atoms with van der Waals surface area (Å²) in [7, 11) is 0. The minimum absolute atomic E-state index is 0.0193. The minimum Gasteiger partial charge on any atom is -0.274 e. The quantitative estimate of drug-likeness (QED) is 0.266. The number of thioether (sulfide) groups is 1. The third-order valence-corrected chi connectivity index (χ3v) is 5.12. The summed E-state index contributed by atoms with van der Waals surface area (Å²) in [5.41, 5.74) is 0.943. The molecule has 0 bridgehead atoms. The van der Waals surface area contributed by atoms with Gasteiger partial charge in [0, 0.05) is 16.5 Å². The largest absolute Gasteiger partial charge is 0.274 e. The Hall–Kier alpha value is -2.53. The molecule has 136 valence electrons. The van der Waals surface area contributed by atoms with Crippen LogP contribution in [0, 0.1) is 11.5 Å². The maximum atomic E-state index is 12.8. The topological polar surface area (TPSA) is 85.6 Å². The van der Waals surface area contributed by atoms with E-state index < -0.39 is 11.2 Å². The van der Waals surface area contributed by atoms with Gasteiger partial charge < -0.3 is 0 Å². The number of amidine groups is 1. The Labute approximate surface area is 169 Å². The Balaban J connectivity index is 1.83. The van der Waals surface area contributed by atoms with Crippen molar-refractivity contribution in [3.8, 4) is 6.19 Å². The first-order chi connectivity index (χ1) is 13.0. The fourth-order valence-electron chi connectivity index (χ4n) is 2.52. The Kier molecular flexibility index (Phi) is 6.01. The summed E-state index contributed by atoms with van der Waals surface area (Å²) in [6.45, 7) is 0. The predicted molar refractivity (Wildman–Crippen MR) is 107 cm³/mol. The molecular weight excluding hydrogens is 407 g/mol. The number of carbonyl (C=O) groups excluding carboxylic acids is 2. The summed E-state index contributed by atoms with van der Waals surface area (Å²) < 4.78 is 0. The molecule has 0 aliphatic carbocycles. The van der Waals surface area contributed by atoms with E-state index in [2.05, 4.69) is 10.3 Å². The van der Waals surface area contributed by atoms with Crippen LogP contribution in [0.2, 0.25) is 10.0 Å². The molecule has 9 heteroatoms. The van der Waals surface area contributed by atoms with Gasteiger partial charge in [0.25, 0.3) is 0 Å². The molecule has 1 atom stereocenters. The highest BCUT2D eigenvalue weighted by molar-refractivity contribution is 8.15. The van der Waals surface area contributed by atoms with Crippen LogP contribution in [0.3, 0.4) is 0 Å². The second-order valence-corrected chi connectivity index (χ2v) is 7.56. The molecule has 1 N–H and O–H groups in total. The van der Waals surface area contributed by atoms with E-state index in [0.29, 0.717) is 21.4 Å². The monoisotopic (exact) mass is 418 g/mol. The molecule has 0 saturated carbocycles. The third-order valence-electron chi connectivity index (χ3n) is 3.61. The van der Waals surface area contributed by atoms with Crippen LogP contribution in [0.15, 0.2) is 53.5 Å². The highest BCUT2D eigenvalue weighted by atomic mass is 35.5. The van der Waals surface area contributed by atoms with E-state index in [0.717, 1.165) is 16.7 Å². The van der Waals surface area contributed by atoms with Gasteiger partial charge in [-0.2, -0.15) is 5.26 Å². The lowest BCUT2D eigenvalue weighted by molar-refractivity contribution is -0.121. The maximum absolute atomic E-state index is 12.8. The zero-order chi connectivity index (χ0) is 19.4. The van der Waals surface area contributed by atoms with Gasteiger partial charge in [-0.3, -0.25) is 14.9 Å². The highest BCUT2D eigenvalue weighted by Gasteiger charge is 2.41. The molecule has 1 aliphatic heterocycles. The van der Waals surface area contributed by atoms with E-state index in [9.17, 15) is 9.59 Å². The number of carbonyl (C=O) groups is 2. The number of hydrogen-bond donors (Lipinski definition) is 1. The predicted octanol–water partition coefficient (Wildman–Crippen LogP) is 4.12. The first-order valence-corrected chi connectivity index (χ1v) is 9.40. The van der Waals surface area contributed by atoms with Crippen molar-refractivity contribution in [2.75, 3.05) is 4.90 Å². The van der Waals surface area contributed by atoms with Gasteiger partial charge in [0.1, 0.15) is 5.25 Å². The second-order valence-electron chi connectivity index (χ2n) is 5.49. The standard InChI is InChI=1S/C18H12Cl2N4O2S/c19-11-6-12(20)8-14(7-11)24-16(25)9-15(17(24)26)27-18(22-10-21)23-13-4-2-1-3-5-13/h1-8,15H,9H2,(H,22,23). The van der Waals surface area contributed by atoms with Crippen LogP contribution in [-0.4, -0.2) is 22.2 Å². The first-order valence-electron chi connectivity index (χ1n) is 7.76. The van der Waals surface area contributed by atoms with E-state index in [4.69, 9.17) is 28.5 Å². The van der Waals surface area contributed by atoms with Gasteiger partial charge in [0.05, 0.1) is 11.4 Å². The molecule has 1 heterocycles. The summed E-state index contributed by atoms with van der Waals surface area (Å²) in [6, 6.07) is 13.5. The van der Waals surface area contributed by atoms with Crippen molar-refractivity contribution >= 4 is 63.3 Å². The molecule has 6 nitrogen and oxygen atoms in total. The van der Waals surface area contributed by atoms with Crippen LogP contribution in [0.4, 0.5) is 11.4 Å². The van der Waals surface area contributed by atoms with Crippen molar-refractivity contribution in [1.29, 1.82) is 5.26 Å². The number of nitrogens with zero attached hydrogens (tertiary/aromatic N) is 3. The van der Waals surface area contributed by atoms with Crippen molar-refractivity contribution in [2.45, 2.75) is 11.7 Å². The van der Waals surface area contributed by atoms with Crippen LogP contribution < -0.4 is 10.2 Å². The fourth-order valence-corrected chi connectivity index (χ4v) is 4.00. The number of anilines is 1. The molecule has 2 amide bonds. The van der Waals surface area contributed by atoms with Gasteiger partial charge in [0.15, 0.2) is 11.4 Å². The minimum atomic E-state index is -0.710. The number of rotatable bonds is 3. The lowest BCUT2D eigenvalue weighted by Crippen LogP contribution is -2.32. The molecule has 0 spiro atoms. The number of halogens is 2. The third kappa shape index (κ3) is 4.61. The molecule has 1 fully saturated rings. The molecule has 1 unspecified atom stereocenters. The van der Waals surface area contributed by atoms with E-state index in [1.807, 2.05) is 18.2 Å². The summed E-state index contributed by atoms with van der Waals surface area (Å²) in [5.74, 6) is -0.782. The van der Waals surface area contributed by atoms with Crippen molar-refractivity contribution in [2.24, 2.45) is 4.99 Å². The van der Waals surface area contributed by atoms with Crippen molar-refractivity contribution in [3.05, 3.63) is 58.6 Å². The Morgan fingerprint density at radius 3 is 2.48 bits per heavy atom. The summed E-state index contributed by atoms with van der Waals surface area (Å²) >= 11 is 13.0. The Morgan fingerprint density at radius 1 is 1.19 bits per heavy atom. The number of para-hydroxylation sites is 1. The number of imide groups is 1. The fraction of sp³-hybridized carbons (Fsp3) is 0.111. The number of amides is 2. The average Bonchev–Trinajstić information content (AvgIpc) is 2.88. The van der Waals surface area contributed by atoms with Gasteiger partial charge in [-0.15, -0.1) is 0 Å². The molecule has 0 aromatic heterocycles. The smallest absolute Gasteiger partial charge is 0.247 e. The average molecular weight is 419 g/mol. The first kappa shape index (κ1) is 19.2. The molecule has 2 aromatic carbocycles. The Bertz CT molecular complexity index is 939. The van der Waals surface area contributed by atoms with Gasteiger partial charge in [0.2, 0.25) is 11.8 Å². The van der Waals surface area contributed by atoms with Gasteiger partial charge in [-0.25, -0.2) is 9.89 Å². The molecule has 0 radical (unpaired) electrons. The van der Waals surface area contributed by atoms with Gasteiger partial charge in [-0.05, 0) is 30.3 Å². The number of aliphatic imine (C=N–C) groups is 1. The van der Waals surface area contributed by atoms with Gasteiger partial charge >= 0.3 is 0 Å². The lowest BCUT2D eigenvalue weighted by atomic mass is 10.3. The summed E-state index contributed by atoms with van der Waals surface area (Å²) in [6.07, 6.45) is 1.78. The number of hydrogen-bond acceptors (Lipinski definition) is 5. The Morgan fingerprint density at radius 2 is 1.85 bits per heavy atom. The summed E-state index contributed by atoms with van der Waals surface area (Å²) in [5, 5.41) is 11.6. The molecule has 2 aromatic rings. The molecule has 1 saturated heterocycles. The van der Waals surface area contributed by atoms with Crippen LogP contribution in [0.1, 0.15) is 6.42 Å². The van der Waals surface area contributed by atoms with Crippen LogP contribution in [-0.2, 0) is 9.59 Å². The molecule has 3 rings (SSSR count). The second kappa shape index (κ2) is 8.44. The van der Waals surface area contributed by atoms with Crippen LogP contribution in [0.5, 0.6) is 0 Å². The van der Waals surface area contributed by atoms with Crippen LogP contribution >= 0.6 is 35.0 Å². The number of benzene rings is 2. The van der Waals surface area contributed by atoms with Crippen LogP contribution in [0.25, 0.3) is 0 Å². The van der Waals surface area contributed by atoms with E-state index >= 15 is 0 Å². The van der Waals surface area contributed by atoms with E-state index in [-0.39, 0.29) is 17.5 Å². The van der Waals surface area contributed by atoms with Crippen molar-refractivity contribution < 1.29 is 9.59 Å². The van der Waals surface area contributed by atoms with E-state index in [1.165, 1.54) is 18.2 Å². The van der Waals surface area contributed by atoms with E-state index in [1.54, 1.807) is 18.3 Å². The molecule has 1 aliphatic rings. The maximum Gasteiger partial charge on any atom is 0.247 e. The molecule has 27 heavy (non-hydrogen) atoms. The normalized spacial score (nSPS) is 17.1. The summed E-state index contributed by atoms with van der Waals surface area (Å²) in [4.78, 5) is 30.5. The number of nitriles is 1. The zero-order valence-corrected chi connectivity index (χ0v) is 16.1. The SMILES string of the molecule is N#CNC(=Nc1ccccc1)SC1CC(=O)N(c2cc(Cl)cc(Cl)c2)C1=O. The van der Waals surface area contributed by atoms with Crippen molar-refractivity contribution in [1.82, 2.24) is 5.32 Å².